The Morgan fingerprint density at radius 3 is 2.30 bits per heavy atom. The number of nitrogens with zero attached hydrogens (tertiary/aromatic N) is 2. The number of hydrogen-bond acceptors (Lipinski definition) is 6. The second kappa shape index (κ2) is 12.9. The van der Waals surface area contributed by atoms with Crippen molar-refractivity contribution in [1.29, 1.82) is 0 Å². The van der Waals surface area contributed by atoms with Gasteiger partial charge in [-0.1, -0.05) is 68.4 Å². The first-order valence-electron chi connectivity index (χ1n) is 15.0. The predicted octanol–water partition coefficient (Wildman–Crippen LogP) is 7.63. The maximum Gasteiger partial charge on any atom is 0.410 e. The molecule has 2 aliphatic rings. The predicted molar refractivity (Wildman–Crippen MR) is 161 cm³/mol. The molecule has 3 aromatic rings. The van der Waals surface area contributed by atoms with Gasteiger partial charge in [0.2, 0.25) is 0 Å². The fraction of sp³-hybridized carbons (Fsp3) is 0.429. The summed E-state index contributed by atoms with van der Waals surface area (Å²) in [5, 5.41) is 0. The van der Waals surface area contributed by atoms with Crippen molar-refractivity contribution < 1.29 is 32.6 Å². The maximum atomic E-state index is 14.3. The Hall–Kier alpha value is -3.98. The van der Waals surface area contributed by atoms with Crippen molar-refractivity contribution in [3.8, 4) is 0 Å². The number of rotatable bonds is 8. The number of methoxy groups -OCH3 is 1. The molecule has 1 fully saturated rings. The van der Waals surface area contributed by atoms with Gasteiger partial charge in [0.15, 0.2) is 11.6 Å². The van der Waals surface area contributed by atoms with E-state index in [4.69, 9.17) is 14.5 Å². The highest BCUT2D eigenvalue weighted by atomic mass is 19.3. The topological polar surface area (TPSA) is 85.8 Å². The Kier molecular flexibility index (Phi) is 9.25. The SMILES string of the molecule is COC(C)c1nc2c(c(C3CCN(C(=O)OCc4ccccc4)CC3)c1C(=O)c1ccc(C(F)F)cc1)C(=O)CC(C)(C)C2. The molecule has 44 heavy (non-hydrogen) atoms. The van der Waals surface area contributed by atoms with Crippen LogP contribution in [0.25, 0.3) is 0 Å². The first kappa shape index (κ1) is 31.4. The van der Waals surface area contributed by atoms with Crippen molar-refractivity contribution in [1.82, 2.24) is 9.88 Å². The van der Waals surface area contributed by atoms with Crippen LogP contribution >= 0.6 is 0 Å². The highest BCUT2D eigenvalue weighted by molar-refractivity contribution is 6.13. The average molecular weight is 605 g/mol. The minimum Gasteiger partial charge on any atom is -0.445 e. The third-order valence-corrected chi connectivity index (χ3v) is 8.66. The number of alkyl halides is 2. The van der Waals surface area contributed by atoms with E-state index in [0.717, 1.165) is 5.56 Å². The van der Waals surface area contributed by atoms with Crippen LogP contribution in [0.15, 0.2) is 54.6 Å². The van der Waals surface area contributed by atoms with Crippen LogP contribution in [-0.4, -0.2) is 47.7 Å². The van der Waals surface area contributed by atoms with Crippen molar-refractivity contribution >= 4 is 17.7 Å². The van der Waals surface area contributed by atoms with Crippen LogP contribution < -0.4 is 0 Å². The molecule has 0 saturated carbocycles. The number of fused-ring (bicyclic) bond motifs is 1. The molecule has 0 bridgehead atoms. The Morgan fingerprint density at radius 2 is 1.68 bits per heavy atom. The highest BCUT2D eigenvalue weighted by Gasteiger charge is 2.40. The van der Waals surface area contributed by atoms with Crippen LogP contribution in [-0.2, 0) is 22.5 Å². The summed E-state index contributed by atoms with van der Waals surface area (Å²) in [6, 6.07) is 14.7. The molecule has 2 aromatic carbocycles. The van der Waals surface area contributed by atoms with E-state index in [1.54, 1.807) is 11.8 Å². The van der Waals surface area contributed by atoms with Gasteiger partial charge in [0.1, 0.15) is 6.61 Å². The number of amides is 1. The van der Waals surface area contributed by atoms with Gasteiger partial charge in [-0.15, -0.1) is 0 Å². The second-order valence-corrected chi connectivity index (χ2v) is 12.5. The molecule has 232 valence electrons. The van der Waals surface area contributed by atoms with E-state index in [1.165, 1.54) is 31.4 Å². The van der Waals surface area contributed by atoms with Crippen LogP contribution in [0.1, 0.15) is 113 Å². The number of piperidine rings is 1. The number of ether oxygens (including phenoxy) is 2. The molecule has 0 radical (unpaired) electrons. The maximum absolute atomic E-state index is 14.3. The Labute approximate surface area is 256 Å². The Balaban J connectivity index is 1.53. The number of hydrogen-bond donors (Lipinski definition) is 0. The number of halogens is 2. The van der Waals surface area contributed by atoms with Crippen LogP contribution in [0.4, 0.5) is 13.6 Å². The highest BCUT2D eigenvalue weighted by Crippen LogP contribution is 2.43. The van der Waals surface area contributed by atoms with Gasteiger partial charge in [0.25, 0.3) is 6.43 Å². The molecule has 0 N–H and O–H groups in total. The van der Waals surface area contributed by atoms with E-state index < -0.39 is 24.4 Å². The fourth-order valence-corrected chi connectivity index (χ4v) is 6.29. The van der Waals surface area contributed by atoms with Gasteiger partial charge < -0.3 is 14.4 Å². The summed E-state index contributed by atoms with van der Waals surface area (Å²) in [5.74, 6) is -0.670. The number of carbonyl (C=O) groups is 3. The molecule has 0 spiro atoms. The molecule has 1 unspecified atom stereocenters. The smallest absolute Gasteiger partial charge is 0.410 e. The standard InChI is InChI=1S/C35H38F2N2O5/c1-21(43-4)31-30(32(41)24-10-12-25(13-11-24)33(36)37)28(29-26(38-31)18-35(2,3)19-27(29)40)23-14-16-39(17-15-23)34(42)44-20-22-8-6-5-7-9-22/h5-13,21,23,33H,14-20H2,1-4H3. The summed E-state index contributed by atoms with van der Waals surface area (Å²) >= 11 is 0. The van der Waals surface area contributed by atoms with Gasteiger partial charge >= 0.3 is 6.09 Å². The molecular weight excluding hydrogens is 566 g/mol. The van der Waals surface area contributed by atoms with Gasteiger partial charge in [-0.3, -0.25) is 14.6 Å². The monoisotopic (exact) mass is 604 g/mol. The molecule has 1 aliphatic heterocycles. The van der Waals surface area contributed by atoms with E-state index >= 15 is 0 Å². The second-order valence-electron chi connectivity index (χ2n) is 12.5. The zero-order valence-electron chi connectivity index (χ0n) is 25.6. The summed E-state index contributed by atoms with van der Waals surface area (Å²) < 4.78 is 37.8. The molecular formula is C35H38F2N2O5. The Morgan fingerprint density at radius 1 is 1.02 bits per heavy atom. The van der Waals surface area contributed by atoms with Gasteiger partial charge in [-0.05, 0) is 48.6 Å². The van der Waals surface area contributed by atoms with Crippen molar-refractivity contribution in [3.05, 3.63) is 99.4 Å². The van der Waals surface area contributed by atoms with Crippen molar-refractivity contribution in [2.45, 2.75) is 71.5 Å². The number of carbonyl (C=O) groups excluding carboxylic acids is 3. The van der Waals surface area contributed by atoms with Crippen molar-refractivity contribution in [2.24, 2.45) is 5.41 Å². The molecule has 1 aromatic heterocycles. The normalized spacial score (nSPS) is 17.3. The number of Topliss-reactive ketones (excluding diaryl/α,β-unsaturated/α-hetero) is 1. The fourth-order valence-electron chi connectivity index (χ4n) is 6.29. The zero-order valence-corrected chi connectivity index (χ0v) is 25.6. The van der Waals surface area contributed by atoms with E-state index in [1.807, 2.05) is 44.2 Å². The van der Waals surface area contributed by atoms with Crippen LogP contribution in [0.3, 0.4) is 0 Å². The number of pyridine rings is 1. The average Bonchev–Trinajstić information content (AvgIpc) is 3.02. The largest absolute Gasteiger partial charge is 0.445 e. The lowest BCUT2D eigenvalue weighted by molar-refractivity contribution is 0.0850. The van der Waals surface area contributed by atoms with Crippen LogP contribution in [0.2, 0.25) is 0 Å². The molecule has 2 heterocycles. The van der Waals surface area contributed by atoms with E-state index in [0.29, 0.717) is 66.9 Å². The van der Waals surface area contributed by atoms with Gasteiger partial charge in [0.05, 0.1) is 23.1 Å². The third kappa shape index (κ3) is 6.58. The zero-order chi connectivity index (χ0) is 31.6. The number of aromatic nitrogens is 1. The van der Waals surface area contributed by atoms with E-state index in [-0.39, 0.29) is 34.8 Å². The van der Waals surface area contributed by atoms with Crippen LogP contribution in [0.5, 0.6) is 0 Å². The summed E-state index contributed by atoms with van der Waals surface area (Å²) in [6.45, 7) is 6.80. The van der Waals surface area contributed by atoms with E-state index in [9.17, 15) is 23.2 Å². The lowest BCUT2D eigenvalue weighted by Gasteiger charge is -2.37. The summed E-state index contributed by atoms with van der Waals surface area (Å²) in [6.07, 6.45) is -1.73. The quantitative estimate of drug-likeness (QED) is 0.246. The number of likely N-dealkylation sites (tertiary alicyclic amines) is 1. The summed E-state index contributed by atoms with van der Waals surface area (Å²) in [4.78, 5) is 47.5. The van der Waals surface area contributed by atoms with E-state index in [2.05, 4.69) is 0 Å². The lowest BCUT2D eigenvalue weighted by Crippen LogP contribution is -2.39. The minimum absolute atomic E-state index is 0.0674. The molecule has 1 atom stereocenters. The molecule has 1 aliphatic carbocycles. The Bertz CT molecular complexity index is 1530. The number of benzene rings is 2. The third-order valence-electron chi connectivity index (χ3n) is 8.66. The lowest BCUT2D eigenvalue weighted by atomic mass is 9.70. The summed E-state index contributed by atoms with van der Waals surface area (Å²) in [7, 11) is 1.53. The minimum atomic E-state index is -2.66. The molecule has 5 rings (SSSR count). The molecule has 9 heteroatoms. The molecule has 7 nitrogen and oxygen atoms in total. The van der Waals surface area contributed by atoms with Gasteiger partial charge in [0, 0.05) is 43.3 Å². The van der Waals surface area contributed by atoms with Crippen LogP contribution in [0, 0.1) is 5.41 Å². The van der Waals surface area contributed by atoms with Gasteiger partial charge in [-0.2, -0.15) is 0 Å². The first-order chi connectivity index (χ1) is 21.0. The molecule has 1 amide bonds. The number of ketones is 2. The van der Waals surface area contributed by atoms with Crippen molar-refractivity contribution in [3.63, 3.8) is 0 Å². The van der Waals surface area contributed by atoms with Gasteiger partial charge in [-0.25, -0.2) is 13.6 Å². The molecule has 1 saturated heterocycles. The first-order valence-corrected chi connectivity index (χ1v) is 15.0. The van der Waals surface area contributed by atoms with Crippen molar-refractivity contribution in [2.75, 3.05) is 20.2 Å². The summed E-state index contributed by atoms with van der Waals surface area (Å²) in [5.41, 5.74) is 3.13.